The van der Waals surface area contributed by atoms with Gasteiger partial charge in [0.15, 0.2) is 0 Å². The molecule has 0 N–H and O–H groups in total. The molecular weight excluding hydrogens is 324 g/mol. The molecule has 3 rings (SSSR count). The first-order chi connectivity index (χ1) is 11.7. The van der Waals surface area contributed by atoms with Crippen molar-refractivity contribution in [3.63, 3.8) is 0 Å². The van der Waals surface area contributed by atoms with Gasteiger partial charge in [-0.1, -0.05) is 0 Å². The zero-order valence-electron chi connectivity index (χ0n) is 14.3. The van der Waals surface area contributed by atoms with E-state index in [1.165, 1.54) is 5.56 Å². The molecule has 0 spiro atoms. The Balaban J connectivity index is 1.65. The van der Waals surface area contributed by atoms with Crippen LogP contribution in [0.25, 0.3) is 0 Å². The Morgan fingerprint density at radius 1 is 1.25 bits per heavy atom. The fourth-order valence-electron chi connectivity index (χ4n) is 3.84. The number of carbonyl (C=O) groups excluding carboxylic acids is 2. The minimum atomic E-state index is -0.395. The van der Waals surface area contributed by atoms with Crippen LogP contribution in [0.2, 0.25) is 0 Å². The molecule has 132 valence electrons. The van der Waals surface area contributed by atoms with E-state index in [9.17, 15) is 9.59 Å². The van der Waals surface area contributed by atoms with E-state index in [0.717, 1.165) is 38.6 Å². The van der Waals surface area contributed by atoms with Crippen molar-refractivity contribution < 1.29 is 14.3 Å². The fourth-order valence-corrected chi connectivity index (χ4v) is 4.54. The zero-order chi connectivity index (χ0) is 16.9. The summed E-state index contributed by atoms with van der Waals surface area (Å²) in [4.78, 5) is 29.1. The number of hydrogen-bond acceptors (Lipinski definition) is 5. The molecule has 0 saturated carbocycles. The second kappa shape index (κ2) is 8.12. The number of rotatable bonds is 5. The number of piperidine rings is 1. The standard InChI is InChI=1S/C18H26N2O3S/c1-2-23-18(22)16-6-3-4-10-20(16)17(21)12-19-9-5-7-15(19)14-8-11-24-13-14/h8,11,13,15-16H,2-7,9-10,12H2,1H3/t15-,16+/m1/s1. The number of ether oxygens (including phenoxy) is 1. The van der Waals surface area contributed by atoms with Crippen LogP contribution in [0.3, 0.4) is 0 Å². The number of amides is 1. The van der Waals surface area contributed by atoms with Crippen molar-refractivity contribution in [2.24, 2.45) is 0 Å². The van der Waals surface area contributed by atoms with E-state index in [2.05, 4.69) is 21.7 Å². The summed E-state index contributed by atoms with van der Waals surface area (Å²) >= 11 is 1.70. The van der Waals surface area contributed by atoms with Crippen LogP contribution in [-0.2, 0) is 14.3 Å². The van der Waals surface area contributed by atoms with E-state index < -0.39 is 6.04 Å². The van der Waals surface area contributed by atoms with Gasteiger partial charge in [-0.05, 0) is 68.0 Å². The van der Waals surface area contributed by atoms with E-state index in [-0.39, 0.29) is 11.9 Å². The van der Waals surface area contributed by atoms with E-state index in [4.69, 9.17) is 4.74 Å². The molecule has 0 unspecified atom stereocenters. The highest BCUT2D eigenvalue weighted by atomic mass is 32.1. The van der Waals surface area contributed by atoms with Gasteiger partial charge >= 0.3 is 5.97 Å². The monoisotopic (exact) mass is 350 g/mol. The summed E-state index contributed by atoms with van der Waals surface area (Å²) in [5.74, 6) is -0.184. The molecule has 3 heterocycles. The van der Waals surface area contributed by atoms with Crippen LogP contribution in [0, 0.1) is 0 Å². The second-order valence-electron chi connectivity index (χ2n) is 6.54. The van der Waals surface area contributed by atoms with Gasteiger partial charge in [0.1, 0.15) is 6.04 Å². The molecule has 0 aromatic carbocycles. The minimum Gasteiger partial charge on any atom is -0.464 e. The Labute approximate surface area is 147 Å². The first-order valence-electron chi connectivity index (χ1n) is 8.93. The van der Waals surface area contributed by atoms with Gasteiger partial charge in [-0.25, -0.2) is 4.79 Å². The van der Waals surface area contributed by atoms with Gasteiger partial charge in [0, 0.05) is 12.6 Å². The summed E-state index contributed by atoms with van der Waals surface area (Å²) in [5.41, 5.74) is 1.31. The molecule has 24 heavy (non-hydrogen) atoms. The SMILES string of the molecule is CCOC(=O)[C@@H]1CCCCN1C(=O)CN1CCC[C@@H]1c1ccsc1. The summed E-state index contributed by atoms with van der Waals surface area (Å²) in [6.45, 7) is 4.19. The molecule has 0 aliphatic carbocycles. The molecule has 6 heteroatoms. The lowest BCUT2D eigenvalue weighted by atomic mass is 10.0. The van der Waals surface area contributed by atoms with Crippen LogP contribution in [0.15, 0.2) is 16.8 Å². The molecule has 1 amide bonds. The van der Waals surface area contributed by atoms with Crippen molar-refractivity contribution >= 4 is 23.2 Å². The van der Waals surface area contributed by atoms with Crippen molar-refractivity contribution in [2.45, 2.75) is 51.1 Å². The van der Waals surface area contributed by atoms with Crippen LogP contribution in [0.1, 0.15) is 50.6 Å². The van der Waals surface area contributed by atoms with Crippen molar-refractivity contribution in [3.05, 3.63) is 22.4 Å². The van der Waals surface area contributed by atoms with Gasteiger partial charge in [-0.3, -0.25) is 9.69 Å². The highest BCUT2D eigenvalue weighted by Crippen LogP contribution is 2.33. The fraction of sp³-hybridized carbons (Fsp3) is 0.667. The van der Waals surface area contributed by atoms with Gasteiger partial charge in [-0.2, -0.15) is 11.3 Å². The van der Waals surface area contributed by atoms with E-state index in [0.29, 0.717) is 25.7 Å². The van der Waals surface area contributed by atoms with E-state index in [1.807, 2.05) is 6.92 Å². The van der Waals surface area contributed by atoms with Crippen molar-refractivity contribution in [3.8, 4) is 0 Å². The normalized spacial score (nSPS) is 25.0. The van der Waals surface area contributed by atoms with Gasteiger partial charge in [-0.15, -0.1) is 0 Å². The van der Waals surface area contributed by atoms with E-state index >= 15 is 0 Å². The molecule has 2 aliphatic heterocycles. The predicted octanol–water partition coefficient (Wildman–Crippen LogP) is 2.83. The molecule has 5 nitrogen and oxygen atoms in total. The molecule has 0 bridgehead atoms. The molecular formula is C18H26N2O3S. The molecule has 0 radical (unpaired) electrons. The Bertz CT molecular complexity index is 561. The summed E-state index contributed by atoms with van der Waals surface area (Å²) in [6, 6.07) is 2.10. The first kappa shape index (κ1) is 17.4. The molecule has 2 fully saturated rings. The average Bonchev–Trinajstić information content (AvgIpc) is 3.26. The molecule has 2 atom stereocenters. The van der Waals surface area contributed by atoms with Crippen LogP contribution >= 0.6 is 11.3 Å². The maximum atomic E-state index is 12.9. The van der Waals surface area contributed by atoms with Crippen LogP contribution in [-0.4, -0.2) is 54.0 Å². The van der Waals surface area contributed by atoms with Gasteiger partial charge < -0.3 is 9.64 Å². The van der Waals surface area contributed by atoms with Gasteiger partial charge in [0.2, 0.25) is 5.91 Å². The number of hydrogen-bond donors (Lipinski definition) is 0. The summed E-state index contributed by atoms with van der Waals surface area (Å²) < 4.78 is 5.17. The first-order valence-corrected chi connectivity index (χ1v) is 9.87. The van der Waals surface area contributed by atoms with Crippen molar-refractivity contribution in [1.29, 1.82) is 0 Å². The van der Waals surface area contributed by atoms with Gasteiger partial charge in [0.25, 0.3) is 0 Å². The third-order valence-electron chi connectivity index (χ3n) is 5.01. The van der Waals surface area contributed by atoms with Gasteiger partial charge in [0.05, 0.1) is 13.2 Å². The summed E-state index contributed by atoms with van der Waals surface area (Å²) in [6.07, 6.45) is 4.89. The summed E-state index contributed by atoms with van der Waals surface area (Å²) in [7, 11) is 0. The van der Waals surface area contributed by atoms with Crippen molar-refractivity contribution in [1.82, 2.24) is 9.80 Å². The topological polar surface area (TPSA) is 49.9 Å². The number of thiophene rings is 1. The number of nitrogens with zero attached hydrogens (tertiary/aromatic N) is 2. The second-order valence-corrected chi connectivity index (χ2v) is 7.32. The molecule has 2 aliphatic rings. The Kier molecular flexibility index (Phi) is 5.89. The predicted molar refractivity (Wildman–Crippen MR) is 93.9 cm³/mol. The lowest BCUT2D eigenvalue weighted by Crippen LogP contribution is -2.51. The quantitative estimate of drug-likeness (QED) is 0.766. The zero-order valence-corrected chi connectivity index (χ0v) is 15.1. The lowest BCUT2D eigenvalue weighted by Gasteiger charge is -2.35. The minimum absolute atomic E-state index is 0.0647. The Hall–Kier alpha value is -1.40. The molecule has 2 saturated heterocycles. The lowest BCUT2D eigenvalue weighted by molar-refractivity contribution is -0.157. The van der Waals surface area contributed by atoms with Crippen LogP contribution in [0.4, 0.5) is 0 Å². The van der Waals surface area contributed by atoms with Crippen LogP contribution in [0.5, 0.6) is 0 Å². The Morgan fingerprint density at radius 3 is 2.88 bits per heavy atom. The number of carbonyl (C=O) groups is 2. The number of likely N-dealkylation sites (tertiary alicyclic amines) is 2. The summed E-state index contributed by atoms with van der Waals surface area (Å²) in [5, 5.41) is 4.27. The van der Waals surface area contributed by atoms with E-state index in [1.54, 1.807) is 16.2 Å². The smallest absolute Gasteiger partial charge is 0.328 e. The third kappa shape index (κ3) is 3.81. The Morgan fingerprint density at radius 2 is 2.12 bits per heavy atom. The molecule has 1 aromatic heterocycles. The molecule has 1 aromatic rings. The largest absolute Gasteiger partial charge is 0.464 e. The van der Waals surface area contributed by atoms with Crippen LogP contribution < -0.4 is 0 Å². The third-order valence-corrected chi connectivity index (χ3v) is 5.71. The number of esters is 1. The average molecular weight is 350 g/mol. The highest BCUT2D eigenvalue weighted by molar-refractivity contribution is 7.07. The van der Waals surface area contributed by atoms with Crippen molar-refractivity contribution in [2.75, 3.05) is 26.2 Å². The maximum Gasteiger partial charge on any atom is 0.328 e. The maximum absolute atomic E-state index is 12.9. The highest BCUT2D eigenvalue weighted by Gasteiger charge is 2.35.